The molecule has 0 aliphatic heterocycles. The Kier molecular flexibility index (Phi) is 7.25. The van der Waals surface area contributed by atoms with Crippen molar-refractivity contribution in [3.05, 3.63) is 18.0 Å². The Morgan fingerprint density at radius 1 is 1.29 bits per heavy atom. The summed E-state index contributed by atoms with van der Waals surface area (Å²) in [5, 5.41) is 3.04. The zero-order valence-corrected chi connectivity index (χ0v) is 16.9. The van der Waals surface area contributed by atoms with Gasteiger partial charge in [-0.1, -0.05) is 13.8 Å². The molecule has 9 heteroatoms. The topological polar surface area (TPSA) is 64.1 Å². The number of ether oxygens (including phenoxy) is 1. The van der Waals surface area contributed by atoms with E-state index in [9.17, 15) is 18.0 Å². The van der Waals surface area contributed by atoms with Crippen molar-refractivity contribution >= 4 is 6.03 Å². The number of alkyl halides is 3. The third kappa shape index (κ3) is 6.05. The maximum Gasteiger partial charge on any atom is 0.419 e. The van der Waals surface area contributed by atoms with Gasteiger partial charge in [0, 0.05) is 18.9 Å². The third-order valence-corrected chi connectivity index (χ3v) is 5.29. The molecule has 0 saturated heterocycles. The molecule has 1 saturated carbocycles. The number of hydrogen-bond acceptors (Lipinski definition) is 4. The number of urea groups is 1. The monoisotopic (exact) mass is 403 g/mol. The predicted octanol–water partition coefficient (Wildman–Crippen LogP) is 3.88. The molecule has 2 unspecified atom stereocenters. The van der Waals surface area contributed by atoms with Crippen LogP contribution < -0.4 is 10.1 Å². The van der Waals surface area contributed by atoms with Crippen LogP contribution in [0.1, 0.15) is 45.1 Å². The summed E-state index contributed by atoms with van der Waals surface area (Å²) in [5.74, 6) is 0.550. The maximum absolute atomic E-state index is 12.6. The van der Waals surface area contributed by atoms with Crippen molar-refractivity contribution < 1.29 is 27.2 Å². The third-order valence-electron chi connectivity index (χ3n) is 5.29. The van der Waals surface area contributed by atoms with E-state index >= 15 is 0 Å². The number of rotatable bonds is 6. The van der Waals surface area contributed by atoms with Crippen molar-refractivity contribution in [1.29, 1.82) is 0 Å². The van der Waals surface area contributed by atoms with E-state index in [-0.39, 0.29) is 24.1 Å². The first-order chi connectivity index (χ1) is 13.0. The van der Waals surface area contributed by atoms with E-state index in [2.05, 4.69) is 22.2 Å². The Labute approximate surface area is 164 Å². The summed E-state index contributed by atoms with van der Waals surface area (Å²) >= 11 is 0. The number of hydrogen-bond donors (Lipinski definition) is 1. The number of aromatic nitrogens is 2. The highest BCUT2D eigenvalue weighted by molar-refractivity contribution is 5.66. The highest BCUT2D eigenvalue weighted by atomic mass is 19.4. The molecule has 1 aliphatic carbocycles. The molecule has 6 nitrogen and oxygen atoms in total. The summed E-state index contributed by atoms with van der Waals surface area (Å²) in [6, 6.07) is -0.0127. The van der Waals surface area contributed by atoms with E-state index in [1.165, 1.54) is 0 Å². The predicted molar refractivity (Wildman–Crippen MR) is 98.6 cm³/mol. The van der Waals surface area contributed by atoms with Crippen LogP contribution in [0.4, 0.5) is 18.0 Å². The molecule has 0 aromatic carbocycles. The fourth-order valence-electron chi connectivity index (χ4n) is 3.61. The van der Waals surface area contributed by atoms with Gasteiger partial charge in [0.25, 0.3) is 0 Å². The minimum absolute atomic E-state index is 0.0195. The number of halogens is 3. The second kappa shape index (κ2) is 9.07. The molecule has 1 aliphatic rings. The first-order valence-electron chi connectivity index (χ1n) is 9.70. The van der Waals surface area contributed by atoms with E-state index in [4.69, 9.17) is 4.74 Å². The second-order valence-corrected chi connectivity index (χ2v) is 8.16. The Morgan fingerprint density at radius 3 is 2.46 bits per heavy atom. The van der Waals surface area contributed by atoms with E-state index in [1.54, 1.807) is 0 Å². The van der Waals surface area contributed by atoms with Crippen molar-refractivity contribution in [2.24, 2.45) is 11.8 Å². The molecule has 2 amide bonds. The highest BCUT2D eigenvalue weighted by Gasteiger charge is 2.33. The molecule has 1 heterocycles. The van der Waals surface area contributed by atoms with Crippen molar-refractivity contribution in [2.45, 2.75) is 51.8 Å². The van der Waals surface area contributed by atoms with Gasteiger partial charge >= 0.3 is 18.2 Å². The first-order valence-corrected chi connectivity index (χ1v) is 9.70. The SMILES string of the molecule is CCC[N+](C)(C)C(=O)NCC1CCC(Oc2ncc(C(F)(F)F)cn2)[C@H](C)C1. The van der Waals surface area contributed by atoms with Crippen molar-refractivity contribution in [2.75, 3.05) is 27.2 Å². The van der Waals surface area contributed by atoms with E-state index < -0.39 is 11.7 Å². The van der Waals surface area contributed by atoms with Crippen LogP contribution in [0.5, 0.6) is 6.01 Å². The van der Waals surface area contributed by atoms with Crippen LogP contribution in [0.25, 0.3) is 0 Å². The first kappa shape index (κ1) is 22.4. The average Bonchev–Trinajstić information content (AvgIpc) is 2.61. The average molecular weight is 403 g/mol. The molecule has 0 radical (unpaired) electrons. The van der Waals surface area contributed by atoms with Crippen molar-refractivity contribution in [3.8, 4) is 6.01 Å². The van der Waals surface area contributed by atoms with Gasteiger partial charge in [0.05, 0.1) is 26.2 Å². The second-order valence-electron chi connectivity index (χ2n) is 8.16. The lowest BCUT2D eigenvalue weighted by Crippen LogP contribution is -2.53. The molecule has 1 aromatic heterocycles. The fraction of sp³-hybridized carbons (Fsp3) is 0.737. The van der Waals surface area contributed by atoms with E-state index in [0.29, 0.717) is 16.9 Å². The van der Waals surface area contributed by atoms with Crippen molar-refractivity contribution in [1.82, 2.24) is 15.3 Å². The van der Waals surface area contributed by atoms with Gasteiger partial charge in [0.1, 0.15) is 6.10 Å². The van der Waals surface area contributed by atoms with Crippen LogP contribution in [-0.4, -0.2) is 53.8 Å². The molecule has 1 N–H and O–H groups in total. The minimum atomic E-state index is -4.46. The van der Waals surface area contributed by atoms with Gasteiger partial charge in [0.2, 0.25) is 0 Å². The summed E-state index contributed by atoms with van der Waals surface area (Å²) < 4.78 is 43.8. The van der Waals surface area contributed by atoms with Gasteiger partial charge in [-0.3, -0.25) is 0 Å². The van der Waals surface area contributed by atoms with Gasteiger partial charge in [-0.15, -0.1) is 0 Å². The molecule has 1 fully saturated rings. The lowest BCUT2D eigenvalue weighted by molar-refractivity contribution is -0.809. The largest absolute Gasteiger partial charge is 0.460 e. The molecule has 3 atom stereocenters. The molecule has 1 aromatic rings. The Balaban J connectivity index is 1.82. The zero-order valence-electron chi connectivity index (χ0n) is 16.9. The number of carbonyl (C=O) groups is 1. The molecule has 2 rings (SSSR count). The van der Waals surface area contributed by atoms with E-state index in [0.717, 1.165) is 44.6 Å². The van der Waals surface area contributed by atoms with Crippen LogP contribution >= 0.6 is 0 Å². The summed E-state index contributed by atoms with van der Waals surface area (Å²) in [6.07, 6.45) is 0.305. The Hall–Kier alpha value is -1.90. The normalized spacial score (nSPS) is 23.3. The quantitative estimate of drug-likeness (QED) is 0.733. The molecule has 28 heavy (non-hydrogen) atoms. The Morgan fingerprint density at radius 2 is 1.93 bits per heavy atom. The lowest BCUT2D eigenvalue weighted by atomic mass is 9.80. The van der Waals surface area contributed by atoms with E-state index in [1.807, 2.05) is 21.0 Å². The number of carbonyl (C=O) groups excluding carboxylic acids is 1. The maximum atomic E-state index is 12.6. The molecule has 0 bridgehead atoms. The minimum Gasteiger partial charge on any atom is -0.460 e. The van der Waals surface area contributed by atoms with Crippen LogP contribution in [0.2, 0.25) is 0 Å². The van der Waals surface area contributed by atoms with Gasteiger partial charge in [-0.25, -0.2) is 19.2 Å². The van der Waals surface area contributed by atoms with Crippen LogP contribution in [0, 0.1) is 11.8 Å². The highest BCUT2D eigenvalue weighted by Crippen LogP contribution is 2.32. The smallest absolute Gasteiger partial charge is 0.419 e. The summed E-state index contributed by atoms with van der Waals surface area (Å²) in [6.45, 7) is 5.50. The van der Waals surface area contributed by atoms with Crippen LogP contribution in [0.3, 0.4) is 0 Å². The molecular formula is C19H30F3N4O2+. The van der Waals surface area contributed by atoms with Gasteiger partial charge < -0.3 is 10.1 Å². The fourth-order valence-corrected chi connectivity index (χ4v) is 3.61. The van der Waals surface area contributed by atoms with Crippen LogP contribution in [0.15, 0.2) is 12.4 Å². The summed E-state index contributed by atoms with van der Waals surface area (Å²) in [5.41, 5.74) is -0.892. The van der Waals surface area contributed by atoms with Gasteiger partial charge in [0.15, 0.2) is 0 Å². The lowest BCUT2D eigenvalue weighted by Gasteiger charge is -2.34. The van der Waals surface area contributed by atoms with Crippen molar-refractivity contribution in [3.63, 3.8) is 0 Å². The van der Waals surface area contributed by atoms with Gasteiger partial charge in [-0.05, 0) is 37.5 Å². The Bertz CT molecular complexity index is 650. The summed E-state index contributed by atoms with van der Waals surface area (Å²) in [4.78, 5) is 19.7. The number of nitrogens with zero attached hydrogens (tertiary/aromatic N) is 3. The molecule has 158 valence electrons. The number of quaternary nitrogens is 1. The number of nitrogens with one attached hydrogen (secondary N) is 1. The summed E-state index contributed by atoms with van der Waals surface area (Å²) in [7, 11) is 3.80. The zero-order chi connectivity index (χ0) is 20.9. The van der Waals surface area contributed by atoms with Gasteiger partial charge in [-0.2, -0.15) is 13.2 Å². The molecule has 0 spiro atoms. The molecular weight excluding hydrogens is 373 g/mol. The van der Waals surface area contributed by atoms with Crippen LogP contribution in [-0.2, 0) is 6.18 Å². The number of amides is 2. The standard InChI is InChI=1S/C19H29F3N4O2/c1-5-8-26(3,4)18(27)25-10-14-6-7-16(13(2)9-14)28-17-23-11-15(12-24-17)19(20,21)22/h11-14,16H,5-10H2,1-4H3/p+1/t13-,14?,16?/m1/s1.